The molecule has 0 fully saturated rings. The second-order valence-corrected chi connectivity index (χ2v) is 4.73. The average Bonchev–Trinajstić information content (AvgIpc) is 2.69. The molecular formula is C11H19N3O2S. The van der Waals surface area contributed by atoms with Gasteiger partial charge in [-0.2, -0.15) is 0 Å². The van der Waals surface area contributed by atoms with E-state index in [-0.39, 0.29) is 5.75 Å². The molecule has 17 heavy (non-hydrogen) atoms. The smallest absolute Gasteiger partial charge is 0.313 e. The fraction of sp³-hybridized carbons (Fsp3) is 0.727. The Balaban J connectivity index is 2.62. The zero-order valence-corrected chi connectivity index (χ0v) is 11.2. The van der Waals surface area contributed by atoms with E-state index in [0.29, 0.717) is 5.16 Å². The zero-order chi connectivity index (χ0) is 12.7. The molecule has 1 aromatic rings. The minimum atomic E-state index is -0.826. The highest BCUT2D eigenvalue weighted by molar-refractivity contribution is 7.99. The van der Waals surface area contributed by atoms with Crippen molar-refractivity contribution in [3.05, 3.63) is 5.82 Å². The number of hydrogen-bond acceptors (Lipinski definition) is 4. The molecule has 0 radical (unpaired) electrons. The van der Waals surface area contributed by atoms with Crippen LogP contribution in [0.5, 0.6) is 0 Å². The molecule has 1 rings (SSSR count). The molecule has 0 aliphatic carbocycles. The van der Waals surface area contributed by atoms with Crippen LogP contribution in [0.1, 0.15) is 38.9 Å². The number of thioether (sulfide) groups is 1. The second-order valence-electron chi connectivity index (χ2n) is 3.78. The summed E-state index contributed by atoms with van der Waals surface area (Å²) in [5.41, 5.74) is 0. The van der Waals surface area contributed by atoms with Crippen LogP contribution in [0, 0.1) is 0 Å². The van der Waals surface area contributed by atoms with Crippen LogP contribution in [-0.2, 0) is 17.8 Å². The molecule has 96 valence electrons. The molecule has 0 bridgehead atoms. The average molecular weight is 257 g/mol. The Bertz CT molecular complexity index is 366. The van der Waals surface area contributed by atoms with Crippen LogP contribution < -0.4 is 0 Å². The third-order valence-corrected chi connectivity index (χ3v) is 3.39. The van der Waals surface area contributed by atoms with Crippen molar-refractivity contribution in [1.29, 1.82) is 0 Å². The Labute approximate surface area is 106 Å². The monoisotopic (exact) mass is 257 g/mol. The first-order valence-electron chi connectivity index (χ1n) is 5.95. The number of carbonyl (C=O) groups is 1. The number of hydrogen-bond donors (Lipinski definition) is 1. The Kier molecular flexibility index (Phi) is 6.04. The zero-order valence-electron chi connectivity index (χ0n) is 10.3. The highest BCUT2D eigenvalue weighted by Crippen LogP contribution is 2.17. The number of unbranched alkanes of at least 4 members (excludes halogenated alkanes) is 2. The van der Waals surface area contributed by atoms with Gasteiger partial charge in [-0.15, -0.1) is 10.2 Å². The predicted molar refractivity (Wildman–Crippen MR) is 67.3 cm³/mol. The molecule has 0 aliphatic heterocycles. The predicted octanol–water partition coefficient (Wildman–Crippen LogP) is 2.21. The second kappa shape index (κ2) is 7.32. The first kappa shape index (κ1) is 14.0. The van der Waals surface area contributed by atoms with Crippen molar-refractivity contribution >= 4 is 17.7 Å². The van der Waals surface area contributed by atoms with Gasteiger partial charge in [-0.1, -0.05) is 31.5 Å². The summed E-state index contributed by atoms with van der Waals surface area (Å²) in [5, 5.41) is 17.5. The number of carboxylic acid groups (broad SMARTS) is 1. The van der Waals surface area contributed by atoms with Gasteiger partial charge in [0.15, 0.2) is 5.16 Å². The maximum atomic E-state index is 10.5. The number of aryl methyl sites for hydroxylation is 1. The number of nitrogens with zero attached hydrogens (tertiary/aromatic N) is 3. The molecule has 0 unspecified atom stereocenters. The Morgan fingerprint density at radius 3 is 2.71 bits per heavy atom. The SMILES string of the molecule is CCCCCc1nnc(SCC(=O)O)n1CC. The standard InChI is InChI=1S/C11H19N3O2S/c1-3-5-6-7-9-12-13-11(14(9)4-2)17-8-10(15)16/h3-8H2,1-2H3,(H,15,16). The Morgan fingerprint density at radius 2 is 2.12 bits per heavy atom. The summed E-state index contributed by atoms with van der Waals surface area (Å²) in [6, 6.07) is 0. The van der Waals surface area contributed by atoms with Crippen LogP contribution in [0.3, 0.4) is 0 Å². The maximum absolute atomic E-state index is 10.5. The molecule has 1 heterocycles. The van der Waals surface area contributed by atoms with Crippen molar-refractivity contribution in [3.8, 4) is 0 Å². The number of carboxylic acids is 1. The summed E-state index contributed by atoms with van der Waals surface area (Å²) < 4.78 is 2.00. The Morgan fingerprint density at radius 1 is 1.35 bits per heavy atom. The Hall–Kier alpha value is -1.04. The van der Waals surface area contributed by atoms with Crippen molar-refractivity contribution in [2.24, 2.45) is 0 Å². The first-order valence-corrected chi connectivity index (χ1v) is 6.94. The molecule has 0 atom stereocenters. The van der Waals surface area contributed by atoms with Crippen molar-refractivity contribution in [3.63, 3.8) is 0 Å². The third kappa shape index (κ3) is 4.38. The molecular weight excluding hydrogens is 238 g/mol. The lowest BCUT2D eigenvalue weighted by atomic mass is 10.2. The van der Waals surface area contributed by atoms with E-state index >= 15 is 0 Å². The summed E-state index contributed by atoms with van der Waals surface area (Å²) in [6.07, 6.45) is 4.40. The van der Waals surface area contributed by atoms with Crippen LogP contribution in [0.2, 0.25) is 0 Å². The van der Waals surface area contributed by atoms with Crippen LogP contribution in [-0.4, -0.2) is 31.6 Å². The van der Waals surface area contributed by atoms with Crippen LogP contribution in [0.25, 0.3) is 0 Å². The number of aliphatic carboxylic acids is 1. The van der Waals surface area contributed by atoms with Crippen LogP contribution >= 0.6 is 11.8 Å². The van der Waals surface area contributed by atoms with Crippen LogP contribution in [0.4, 0.5) is 0 Å². The van der Waals surface area contributed by atoms with Gasteiger partial charge in [-0.3, -0.25) is 4.79 Å². The van der Waals surface area contributed by atoms with Crippen molar-refractivity contribution in [2.75, 3.05) is 5.75 Å². The summed E-state index contributed by atoms with van der Waals surface area (Å²) in [4.78, 5) is 10.5. The molecule has 1 aromatic heterocycles. The molecule has 0 saturated heterocycles. The lowest BCUT2D eigenvalue weighted by Gasteiger charge is -2.05. The van der Waals surface area contributed by atoms with Crippen LogP contribution in [0.15, 0.2) is 5.16 Å². The summed E-state index contributed by atoms with van der Waals surface area (Å²) in [7, 11) is 0. The summed E-state index contributed by atoms with van der Waals surface area (Å²) >= 11 is 1.23. The molecule has 0 saturated carbocycles. The van der Waals surface area contributed by atoms with E-state index in [4.69, 9.17) is 5.11 Å². The molecule has 6 heteroatoms. The van der Waals surface area contributed by atoms with Gasteiger partial charge in [0.25, 0.3) is 0 Å². The fourth-order valence-corrected chi connectivity index (χ4v) is 2.33. The van der Waals surface area contributed by atoms with Gasteiger partial charge in [0.05, 0.1) is 5.75 Å². The maximum Gasteiger partial charge on any atom is 0.313 e. The summed E-state index contributed by atoms with van der Waals surface area (Å²) in [5.74, 6) is 0.176. The van der Waals surface area contributed by atoms with E-state index in [1.807, 2.05) is 11.5 Å². The van der Waals surface area contributed by atoms with Gasteiger partial charge in [0.1, 0.15) is 5.82 Å². The van der Waals surface area contributed by atoms with Gasteiger partial charge in [0.2, 0.25) is 0 Å². The van der Waals surface area contributed by atoms with E-state index < -0.39 is 5.97 Å². The molecule has 0 aromatic carbocycles. The fourth-order valence-electron chi connectivity index (χ4n) is 1.59. The van der Waals surface area contributed by atoms with E-state index in [1.54, 1.807) is 0 Å². The lowest BCUT2D eigenvalue weighted by Crippen LogP contribution is -2.05. The summed E-state index contributed by atoms with van der Waals surface area (Å²) in [6.45, 7) is 4.98. The van der Waals surface area contributed by atoms with Crippen molar-refractivity contribution in [1.82, 2.24) is 14.8 Å². The molecule has 5 nitrogen and oxygen atoms in total. The van der Waals surface area contributed by atoms with E-state index in [0.717, 1.165) is 25.2 Å². The van der Waals surface area contributed by atoms with Gasteiger partial charge in [-0.25, -0.2) is 0 Å². The third-order valence-electron chi connectivity index (χ3n) is 2.44. The van der Waals surface area contributed by atoms with E-state index in [9.17, 15) is 4.79 Å². The van der Waals surface area contributed by atoms with Crippen molar-refractivity contribution in [2.45, 2.75) is 51.2 Å². The molecule has 0 aliphatic rings. The van der Waals surface area contributed by atoms with Crippen molar-refractivity contribution < 1.29 is 9.90 Å². The van der Waals surface area contributed by atoms with Gasteiger partial charge < -0.3 is 9.67 Å². The normalized spacial score (nSPS) is 10.7. The van der Waals surface area contributed by atoms with E-state index in [2.05, 4.69) is 17.1 Å². The topological polar surface area (TPSA) is 68.0 Å². The minimum absolute atomic E-state index is 0.0348. The minimum Gasteiger partial charge on any atom is -0.481 e. The quantitative estimate of drug-likeness (QED) is 0.571. The number of aromatic nitrogens is 3. The van der Waals surface area contributed by atoms with E-state index in [1.165, 1.54) is 24.6 Å². The van der Waals surface area contributed by atoms with Gasteiger partial charge >= 0.3 is 5.97 Å². The highest BCUT2D eigenvalue weighted by atomic mass is 32.2. The lowest BCUT2D eigenvalue weighted by molar-refractivity contribution is -0.133. The van der Waals surface area contributed by atoms with Gasteiger partial charge in [-0.05, 0) is 13.3 Å². The first-order chi connectivity index (χ1) is 8.19. The largest absolute Gasteiger partial charge is 0.481 e. The molecule has 0 spiro atoms. The van der Waals surface area contributed by atoms with Gasteiger partial charge in [0, 0.05) is 13.0 Å². The number of rotatable bonds is 8. The highest BCUT2D eigenvalue weighted by Gasteiger charge is 2.12. The molecule has 1 N–H and O–H groups in total. The molecule has 0 amide bonds.